The number of anilines is 1. The van der Waals surface area contributed by atoms with Crippen LogP contribution in [0.3, 0.4) is 0 Å². The van der Waals surface area contributed by atoms with Gasteiger partial charge in [0.05, 0.1) is 25.3 Å². The SMILES string of the molecule is O=C(O)Cc1ccccc1NS(=O)(=O)N1CCOCC1. The fourth-order valence-corrected chi connectivity index (χ4v) is 3.16. The number of nitrogens with zero attached hydrogens (tertiary/aromatic N) is 1. The number of carbonyl (C=O) groups is 1. The first-order valence-electron chi connectivity index (χ1n) is 6.14. The summed E-state index contributed by atoms with van der Waals surface area (Å²) in [7, 11) is -3.68. The van der Waals surface area contributed by atoms with Crippen LogP contribution < -0.4 is 4.72 Å². The zero-order valence-electron chi connectivity index (χ0n) is 10.8. The third kappa shape index (κ3) is 3.69. The van der Waals surface area contributed by atoms with Crippen molar-refractivity contribution in [3.05, 3.63) is 29.8 Å². The van der Waals surface area contributed by atoms with E-state index >= 15 is 0 Å². The molecule has 0 radical (unpaired) electrons. The Hall–Kier alpha value is -1.64. The summed E-state index contributed by atoms with van der Waals surface area (Å²) in [6.45, 7) is 1.29. The summed E-state index contributed by atoms with van der Waals surface area (Å²) in [5.74, 6) is -1.01. The fourth-order valence-electron chi connectivity index (χ4n) is 1.93. The van der Waals surface area contributed by atoms with Crippen LogP contribution in [0.5, 0.6) is 0 Å². The van der Waals surface area contributed by atoms with E-state index in [0.29, 0.717) is 24.5 Å². The molecule has 1 saturated heterocycles. The van der Waals surface area contributed by atoms with E-state index in [4.69, 9.17) is 9.84 Å². The minimum absolute atomic E-state index is 0.234. The molecule has 0 saturated carbocycles. The highest BCUT2D eigenvalue weighted by Crippen LogP contribution is 2.19. The van der Waals surface area contributed by atoms with E-state index in [2.05, 4.69) is 4.72 Å². The first-order valence-corrected chi connectivity index (χ1v) is 7.58. The molecule has 2 N–H and O–H groups in total. The van der Waals surface area contributed by atoms with Crippen LogP contribution in [0.4, 0.5) is 5.69 Å². The summed E-state index contributed by atoms with van der Waals surface area (Å²) in [5, 5.41) is 8.83. The third-order valence-corrected chi connectivity index (χ3v) is 4.43. The first-order chi connectivity index (χ1) is 9.49. The summed E-state index contributed by atoms with van der Waals surface area (Å²) in [6, 6.07) is 6.47. The van der Waals surface area contributed by atoms with Crippen LogP contribution in [0.15, 0.2) is 24.3 Å². The van der Waals surface area contributed by atoms with Crippen LogP contribution in [0.25, 0.3) is 0 Å². The molecular formula is C12H16N2O5S. The van der Waals surface area contributed by atoms with Gasteiger partial charge in [-0.3, -0.25) is 9.52 Å². The van der Waals surface area contributed by atoms with Crippen LogP contribution in [0.1, 0.15) is 5.56 Å². The van der Waals surface area contributed by atoms with Gasteiger partial charge >= 0.3 is 16.2 Å². The summed E-state index contributed by atoms with van der Waals surface area (Å²) in [6.07, 6.45) is -0.234. The van der Waals surface area contributed by atoms with E-state index in [9.17, 15) is 13.2 Å². The monoisotopic (exact) mass is 300 g/mol. The molecule has 8 heteroatoms. The Labute approximate surface area is 117 Å². The normalized spacial score (nSPS) is 16.8. The lowest BCUT2D eigenvalue weighted by Gasteiger charge is -2.26. The fraction of sp³-hybridized carbons (Fsp3) is 0.417. The summed E-state index contributed by atoms with van der Waals surface area (Å²) < 4.78 is 33.2. The first kappa shape index (κ1) is 14.8. The lowest BCUT2D eigenvalue weighted by Crippen LogP contribution is -2.43. The zero-order chi connectivity index (χ0) is 14.6. The van der Waals surface area contributed by atoms with Crippen LogP contribution in [0, 0.1) is 0 Å². The maximum absolute atomic E-state index is 12.2. The van der Waals surface area contributed by atoms with Gasteiger partial charge in [-0.15, -0.1) is 0 Å². The number of para-hydroxylation sites is 1. The standard InChI is InChI=1S/C12H16N2O5S/c15-12(16)9-10-3-1-2-4-11(10)13-20(17,18)14-5-7-19-8-6-14/h1-4,13H,5-9H2,(H,15,16). The molecule has 0 aliphatic carbocycles. The molecule has 0 aromatic heterocycles. The topological polar surface area (TPSA) is 95.9 Å². The van der Waals surface area contributed by atoms with Gasteiger partial charge in [0.15, 0.2) is 0 Å². The lowest BCUT2D eigenvalue weighted by molar-refractivity contribution is -0.136. The summed E-state index contributed by atoms with van der Waals surface area (Å²) in [5.41, 5.74) is 0.721. The van der Waals surface area contributed by atoms with Gasteiger partial charge in [-0.1, -0.05) is 18.2 Å². The van der Waals surface area contributed by atoms with Gasteiger partial charge in [0.2, 0.25) is 0 Å². The number of hydrogen-bond acceptors (Lipinski definition) is 4. The third-order valence-electron chi connectivity index (χ3n) is 2.91. The average Bonchev–Trinajstić information content (AvgIpc) is 2.41. The van der Waals surface area contributed by atoms with Crippen molar-refractivity contribution in [1.29, 1.82) is 0 Å². The van der Waals surface area contributed by atoms with E-state index in [1.165, 1.54) is 4.31 Å². The lowest BCUT2D eigenvalue weighted by atomic mass is 10.1. The van der Waals surface area contributed by atoms with Crippen LogP contribution in [0.2, 0.25) is 0 Å². The van der Waals surface area contributed by atoms with Crippen molar-refractivity contribution in [1.82, 2.24) is 4.31 Å². The molecule has 1 aliphatic heterocycles. The predicted molar refractivity (Wildman–Crippen MR) is 72.7 cm³/mol. The molecule has 1 fully saturated rings. The van der Waals surface area contributed by atoms with Gasteiger partial charge in [0, 0.05) is 13.1 Å². The van der Waals surface area contributed by atoms with Gasteiger partial charge in [0.25, 0.3) is 0 Å². The molecule has 0 atom stereocenters. The van der Waals surface area contributed by atoms with Crippen LogP contribution >= 0.6 is 0 Å². The number of ether oxygens (including phenoxy) is 1. The summed E-state index contributed by atoms with van der Waals surface area (Å²) >= 11 is 0. The number of nitrogens with one attached hydrogen (secondary N) is 1. The van der Waals surface area contributed by atoms with Crippen LogP contribution in [-0.2, 0) is 26.2 Å². The predicted octanol–water partition coefficient (Wildman–Crippen LogP) is 0.303. The second-order valence-electron chi connectivity index (χ2n) is 4.35. The van der Waals surface area contributed by atoms with Crippen molar-refractivity contribution < 1.29 is 23.1 Å². The smallest absolute Gasteiger partial charge is 0.307 e. The maximum Gasteiger partial charge on any atom is 0.307 e. The number of rotatable bonds is 5. The minimum Gasteiger partial charge on any atom is -0.481 e. The Morgan fingerprint density at radius 1 is 1.30 bits per heavy atom. The quantitative estimate of drug-likeness (QED) is 0.815. The van der Waals surface area contributed by atoms with Gasteiger partial charge in [-0.25, -0.2) is 0 Å². The molecule has 0 bridgehead atoms. The number of aliphatic carboxylic acids is 1. The number of morpholine rings is 1. The van der Waals surface area contributed by atoms with E-state index in [1.807, 2.05) is 0 Å². The molecule has 1 heterocycles. The van der Waals surface area contributed by atoms with Gasteiger partial charge in [-0.2, -0.15) is 12.7 Å². The van der Waals surface area contributed by atoms with Crippen molar-refractivity contribution in [2.24, 2.45) is 0 Å². The Bertz CT molecular complexity index is 581. The van der Waals surface area contributed by atoms with Gasteiger partial charge in [-0.05, 0) is 11.6 Å². The van der Waals surface area contributed by atoms with Crippen molar-refractivity contribution in [3.8, 4) is 0 Å². The zero-order valence-corrected chi connectivity index (χ0v) is 11.6. The number of carboxylic acids is 1. The van der Waals surface area contributed by atoms with E-state index in [0.717, 1.165) is 0 Å². The highest BCUT2D eigenvalue weighted by molar-refractivity contribution is 7.90. The highest BCUT2D eigenvalue weighted by atomic mass is 32.2. The molecule has 1 aromatic rings. The Balaban J connectivity index is 2.18. The Morgan fingerprint density at radius 2 is 1.95 bits per heavy atom. The molecule has 7 nitrogen and oxygen atoms in total. The molecule has 0 spiro atoms. The van der Waals surface area contributed by atoms with Crippen molar-refractivity contribution in [3.63, 3.8) is 0 Å². The minimum atomic E-state index is -3.68. The second-order valence-corrected chi connectivity index (χ2v) is 6.02. The molecule has 0 unspecified atom stereocenters. The number of carboxylic acid groups (broad SMARTS) is 1. The molecule has 1 aromatic carbocycles. The highest BCUT2D eigenvalue weighted by Gasteiger charge is 2.24. The molecular weight excluding hydrogens is 284 g/mol. The number of benzene rings is 1. The Morgan fingerprint density at radius 3 is 2.60 bits per heavy atom. The Kier molecular flexibility index (Phi) is 4.58. The van der Waals surface area contributed by atoms with Crippen molar-refractivity contribution in [2.45, 2.75) is 6.42 Å². The maximum atomic E-state index is 12.2. The molecule has 1 aliphatic rings. The molecule has 2 rings (SSSR count). The molecule has 110 valence electrons. The van der Waals surface area contributed by atoms with Gasteiger partial charge in [0.1, 0.15) is 0 Å². The van der Waals surface area contributed by atoms with Crippen molar-refractivity contribution in [2.75, 3.05) is 31.0 Å². The van der Waals surface area contributed by atoms with E-state index in [-0.39, 0.29) is 19.5 Å². The van der Waals surface area contributed by atoms with E-state index in [1.54, 1.807) is 24.3 Å². The molecule has 20 heavy (non-hydrogen) atoms. The largest absolute Gasteiger partial charge is 0.481 e. The molecule has 0 amide bonds. The number of hydrogen-bond donors (Lipinski definition) is 2. The van der Waals surface area contributed by atoms with Gasteiger partial charge < -0.3 is 9.84 Å². The van der Waals surface area contributed by atoms with Crippen molar-refractivity contribution >= 4 is 21.9 Å². The van der Waals surface area contributed by atoms with E-state index < -0.39 is 16.2 Å². The average molecular weight is 300 g/mol. The van der Waals surface area contributed by atoms with Crippen LogP contribution in [-0.4, -0.2) is 50.1 Å². The summed E-state index contributed by atoms with van der Waals surface area (Å²) in [4.78, 5) is 10.8. The second kappa shape index (κ2) is 6.21.